The molecule has 0 unspecified atom stereocenters. The molecule has 0 aromatic heterocycles. The van der Waals surface area contributed by atoms with Crippen molar-refractivity contribution < 1.29 is 18.0 Å². The van der Waals surface area contributed by atoms with E-state index in [0.29, 0.717) is 22.5 Å². The van der Waals surface area contributed by atoms with Crippen molar-refractivity contribution >= 4 is 33.0 Å². The Kier molecular flexibility index (Phi) is 5.99. The van der Waals surface area contributed by atoms with Crippen LogP contribution in [-0.2, 0) is 25.2 Å². The van der Waals surface area contributed by atoms with Gasteiger partial charge in [-0.1, -0.05) is 18.2 Å². The molecule has 29 heavy (non-hydrogen) atoms. The molecule has 3 rings (SSSR count). The number of carbonyl (C=O) groups is 2. The minimum Gasteiger partial charge on any atom is -0.326 e. The number of benzene rings is 2. The molecule has 0 spiro atoms. The summed E-state index contributed by atoms with van der Waals surface area (Å²) in [6.45, 7) is 1.79. The molecule has 0 saturated heterocycles. The molecule has 1 fully saturated rings. The predicted molar refractivity (Wildman–Crippen MR) is 110 cm³/mol. The molecule has 1 aliphatic rings. The Balaban J connectivity index is 1.62. The van der Waals surface area contributed by atoms with Gasteiger partial charge in [-0.05, 0) is 55.2 Å². The highest BCUT2D eigenvalue weighted by Crippen LogP contribution is 2.30. The number of anilines is 2. The average Bonchev–Trinajstić information content (AvgIpc) is 3.49. The van der Waals surface area contributed by atoms with Crippen LogP contribution < -0.4 is 10.6 Å². The van der Waals surface area contributed by atoms with Crippen LogP contribution in [0, 0.1) is 24.2 Å². The fourth-order valence-electron chi connectivity index (χ4n) is 2.79. The summed E-state index contributed by atoms with van der Waals surface area (Å²) in [5.74, 6) is -1.58. The van der Waals surface area contributed by atoms with Gasteiger partial charge in [-0.15, -0.1) is 0 Å². The van der Waals surface area contributed by atoms with Crippen molar-refractivity contribution in [2.24, 2.45) is 5.92 Å². The first kappa shape index (κ1) is 20.6. The molecule has 1 aliphatic carbocycles. The quantitative estimate of drug-likeness (QED) is 0.727. The van der Waals surface area contributed by atoms with Crippen LogP contribution in [0.3, 0.4) is 0 Å². The topological polar surface area (TPSA) is 116 Å². The zero-order valence-electron chi connectivity index (χ0n) is 15.9. The first-order chi connectivity index (χ1) is 13.8. The van der Waals surface area contributed by atoms with Crippen molar-refractivity contribution in [1.29, 1.82) is 5.26 Å². The van der Waals surface area contributed by atoms with Gasteiger partial charge in [-0.2, -0.15) is 5.26 Å². The number of amides is 2. The summed E-state index contributed by atoms with van der Waals surface area (Å²) in [5.41, 5.74) is 2.72. The Bertz CT molecular complexity index is 1080. The van der Waals surface area contributed by atoms with Crippen LogP contribution in [0.1, 0.15) is 29.5 Å². The molecule has 0 bridgehead atoms. The second-order valence-corrected chi connectivity index (χ2v) is 9.25. The van der Waals surface area contributed by atoms with Crippen molar-refractivity contribution in [3.8, 4) is 6.07 Å². The first-order valence-corrected chi connectivity index (χ1v) is 11.0. The molecule has 0 atom stereocenters. The molecule has 1 saturated carbocycles. The zero-order valence-corrected chi connectivity index (χ0v) is 16.8. The van der Waals surface area contributed by atoms with Gasteiger partial charge in [0.2, 0.25) is 11.8 Å². The normalized spacial score (nSPS) is 13.4. The van der Waals surface area contributed by atoms with Gasteiger partial charge in [0, 0.05) is 17.3 Å². The molecule has 2 aromatic rings. The molecule has 0 heterocycles. The highest BCUT2D eigenvalue weighted by Gasteiger charge is 2.29. The highest BCUT2D eigenvalue weighted by molar-refractivity contribution is 7.91. The number of hydrogen-bond donors (Lipinski definition) is 2. The highest BCUT2D eigenvalue weighted by atomic mass is 32.2. The molecule has 7 nitrogen and oxygen atoms in total. The van der Waals surface area contributed by atoms with E-state index in [1.165, 1.54) is 12.1 Å². The van der Waals surface area contributed by atoms with E-state index in [1.54, 1.807) is 37.3 Å². The summed E-state index contributed by atoms with van der Waals surface area (Å²) in [6, 6.07) is 13.3. The van der Waals surface area contributed by atoms with Crippen LogP contribution in [0.4, 0.5) is 11.4 Å². The molecular formula is C21H21N3O4S. The lowest BCUT2D eigenvalue weighted by atomic mass is 10.1. The second-order valence-electron chi connectivity index (χ2n) is 7.18. The first-order valence-electron chi connectivity index (χ1n) is 9.16. The standard InChI is InChI=1S/C21H21N3O4S/c1-14-2-9-18(23-21(26)17-7-8-17)10-19(14)24-20(25)13-29(27,28)12-16-5-3-15(11-22)4-6-16/h2-6,9-10,17H,7-8,12-13H2,1H3,(H,23,26)(H,24,25). The van der Waals surface area contributed by atoms with Crippen molar-refractivity contribution in [2.75, 3.05) is 16.4 Å². The van der Waals surface area contributed by atoms with E-state index >= 15 is 0 Å². The summed E-state index contributed by atoms with van der Waals surface area (Å²) >= 11 is 0. The van der Waals surface area contributed by atoms with Crippen molar-refractivity contribution in [3.05, 3.63) is 59.2 Å². The Labute approximate surface area is 169 Å². The molecule has 8 heteroatoms. The molecular weight excluding hydrogens is 390 g/mol. The maximum atomic E-state index is 12.4. The van der Waals surface area contributed by atoms with Crippen molar-refractivity contribution in [3.63, 3.8) is 0 Å². The predicted octanol–water partition coefficient (Wildman–Crippen LogP) is 2.77. The van der Waals surface area contributed by atoms with Gasteiger partial charge in [0.05, 0.1) is 17.4 Å². The second kappa shape index (κ2) is 8.45. The van der Waals surface area contributed by atoms with Gasteiger partial charge in [-0.3, -0.25) is 9.59 Å². The Morgan fingerprint density at radius 2 is 1.79 bits per heavy atom. The van der Waals surface area contributed by atoms with Gasteiger partial charge < -0.3 is 10.6 Å². The Morgan fingerprint density at radius 1 is 1.10 bits per heavy atom. The van der Waals surface area contributed by atoms with E-state index < -0.39 is 21.5 Å². The summed E-state index contributed by atoms with van der Waals surface area (Å²) in [4.78, 5) is 24.2. The summed E-state index contributed by atoms with van der Waals surface area (Å²) < 4.78 is 24.7. The fourth-order valence-corrected chi connectivity index (χ4v) is 4.06. The van der Waals surface area contributed by atoms with Crippen LogP contribution >= 0.6 is 0 Å². The molecule has 0 radical (unpaired) electrons. The molecule has 2 N–H and O–H groups in total. The molecule has 2 amide bonds. The van der Waals surface area contributed by atoms with Gasteiger partial charge in [0.25, 0.3) is 0 Å². The van der Waals surface area contributed by atoms with Gasteiger partial charge in [-0.25, -0.2) is 8.42 Å². The number of nitrogens with zero attached hydrogens (tertiary/aromatic N) is 1. The number of nitrogens with one attached hydrogen (secondary N) is 2. The summed E-state index contributed by atoms with van der Waals surface area (Å²) in [6.07, 6.45) is 1.77. The third-order valence-electron chi connectivity index (χ3n) is 4.55. The minimum absolute atomic E-state index is 0.0453. The largest absolute Gasteiger partial charge is 0.326 e. The number of aryl methyl sites for hydroxylation is 1. The van der Waals surface area contributed by atoms with Crippen LogP contribution in [0.25, 0.3) is 0 Å². The van der Waals surface area contributed by atoms with Crippen LogP contribution in [0.15, 0.2) is 42.5 Å². The van der Waals surface area contributed by atoms with Crippen LogP contribution in [-0.4, -0.2) is 26.0 Å². The van der Waals surface area contributed by atoms with E-state index in [1.807, 2.05) is 6.07 Å². The maximum Gasteiger partial charge on any atom is 0.239 e. The molecule has 150 valence electrons. The van der Waals surface area contributed by atoms with Crippen LogP contribution in [0.2, 0.25) is 0 Å². The minimum atomic E-state index is -3.68. The van der Waals surface area contributed by atoms with Gasteiger partial charge in [0.1, 0.15) is 5.75 Å². The number of hydrogen-bond acceptors (Lipinski definition) is 5. The van der Waals surface area contributed by atoms with Crippen molar-refractivity contribution in [1.82, 2.24) is 0 Å². The van der Waals surface area contributed by atoms with Gasteiger partial charge >= 0.3 is 0 Å². The lowest BCUT2D eigenvalue weighted by Crippen LogP contribution is -2.24. The molecule has 0 aliphatic heterocycles. The number of carbonyl (C=O) groups excluding carboxylic acids is 2. The summed E-state index contributed by atoms with van der Waals surface area (Å²) in [7, 11) is -3.68. The Hall–Kier alpha value is -3.18. The SMILES string of the molecule is Cc1ccc(NC(=O)C2CC2)cc1NC(=O)CS(=O)(=O)Cc1ccc(C#N)cc1. The van der Waals surface area contributed by atoms with E-state index in [-0.39, 0.29) is 17.6 Å². The van der Waals surface area contributed by atoms with Crippen molar-refractivity contribution in [2.45, 2.75) is 25.5 Å². The Morgan fingerprint density at radius 3 is 2.41 bits per heavy atom. The number of nitriles is 1. The third kappa shape index (κ3) is 5.90. The zero-order chi connectivity index (χ0) is 21.0. The number of sulfone groups is 1. The van der Waals surface area contributed by atoms with E-state index in [9.17, 15) is 18.0 Å². The van der Waals surface area contributed by atoms with Gasteiger partial charge in [0.15, 0.2) is 9.84 Å². The third-order valence-corrected chi connectivity index (χ3v) is 6.02. The van der Waals surface area contributed by atoms with E-state index in [4.69, 9.17) is 5.26 Å². The maximum absolute atomic E-state index is 12.4. The fraction of sp³-hybridized carbons (Fsp3) is 0.286. The van der Waals surface area contributed by atoms with E-state index in [0.717, 1.165) is 18.4 Å². The van der Waals surface area contributed by atoms with E-state index in [2.05, 4.69) is 10.6 Å². The average molecular weight is 411 g/mol. The van der Waals surface area contributed by atoms with Crippen LogP contribution in [0.5, 0.6) is 0 Å². The number of rotatable bonds is 7. The smallest absolute Gasteiger partial charge is 0.239 e. The summed E-state index contributed by atoms with van der Waals surface area (Å²) in [5, 5.41) is 14.2. The molecule has 2 aromatic carbocycles. The lowest BCUT2D eigenvalue weighted by molar-refractivity contribution is -0.117. The monoisotopic (exact) mass is 411 g/mol. The lowest BCUT2D eigenvalue weighted by Gasteiger charge is -2.12.